The third kappa shape index (κ3) is 3.27. The minimum Gasteiger partial charge on any atom is -0.375 e. The molecule has 6 heteroatoms. The van der Waals surface area contributed by atoms with Crippen LogP contribution in [0.4, 0.5) is 5.82 Å². The van der Waals surface area contributed by atoms with E-state index in [4.69, 9.17) is 4.74 Å². The number of hydrogen-bond donors (Lipinski definition) is 1. The number of hydrogen-bond acceptors (Lipinski definition) is 5. The highest BCUT2D eigenvalue weighted by Gasteiger charge is 2.75. The van der Waals surface area contributed by atoms with Crippen LogP contribution in [0.5, 0.6) is 0 Å². The Morgan fingerprint density at radius 1 is 1.37 bits per heavy atom. The number of amides is 1. The van der Waals surface area contributed by atoms with E-state index in [0.717, 1.165) is 48.7 Å². The second-order valence-electron chi connectivity index (χ2n) is 9.44. The SMILES string of the molecule is CC(C)N1CCO[C@@H](CC(=O)Nc2cc3cc(C4(C#N)CC45CC5)ccc3cn2)C1. The van der Waals surface area contributed by atoms with Crippen LogP contribution in [-0.4, -0.2) is 47.6 Å². The smallest absolute Gasteiger partial charge is 0.228 e. The monoisotopic (exact) mass is 404 g/mol. The zero-order valence-electron chi connectivity index (χ0n) is 17.6. The van der Waals surface area contributed by atoms with Gasteiger partial charge in [0.15, 0.2) is 0 Å². The van der Waals surface area contributed by atoms with Crippen LogP contribution in [0.3, 0.4) is 0 Å². The van der Waals surface area contributed by atoms with Gasteiger partial charge in [-0.2, -0.15) is 5.26 Å². The van der Waals surface area contributed by atoms with E-state index in [0.29, 0.717) is 24.9 Å². The predicted octanol–water partition coefficient (Wildman–Crippen LogP) is 3.62. The Morgan fingerprint density at radius 2 is 2.20 bits per heavy atom. The summed E-state index contributed by atoms with van der Waals surface area (Å²) in [5.41, 5.74) is 1.03. The average molecular weight is 405 g/mol. The summed E-state index contributed by atoms with van der Waals surface area (Å²) in [5, 5.41) is 14.8. The van der Waals surface area contributed by atoms with Crippen molar-refractivity contribution in [2.24, 2.45) is 5.41 Å². The lowest BCUT2D eigenvalue weighted by molar-refractivity contribution is -0.121. The maximum absolute atomic E-state index is 12.6. The van der Waals surface area contributed by atoms with Crippen molar-refractivity contribution < 1.29 is 9.53 Å². The zero-order chi connectivity index (χ0) is 20.9. The van der Waals surface area contributed by atoms with Crippen molar-refractivity contribution >= 4 is 22.5 Å². The topological polar surface area (TPSA) is 78.2 Å². The third-order valence-electron chi connectivity index (χ3n) is 7.22. The van der Waals surface area contributed by atoms with Crippen molar-refractivity contribution in [3.63, 3.8) is 0 Å². The first-order chi connectivity index (χ1) is 14.4. The molecule has 30 heavy (non-hydrogen) atoms. The van der Waals surface area contributed by atoms with Crippen LogP contribution < -0.4 is 5.32 Å². The molecule has 3 fully saturated rings. The molecule has 1 aromatic carbocycles. The zero-order valence-corrected chi connectivity index (χ0v) is 17.6. The molecule has 3 aliphatic rings. The highest BCUT2D eigenvalue weighted by molar-refractivity contribution is 5.93. The molecule has 2 saturated carbocycles. The standard InChI is InChI=1S/C24H28N4O2/c1-16(2)28-7-8-30-20(13-28)11-22(29)27-21-10-18-9-19(4-3-17(18)12-26-21)24(15-25)14-23(24)5-6-23/h3-4,9-10,12,16,20H,5-8,11,13-14H2,1-2H3,(H,26,27,29)/t20-,24?/m0/s1. The molecular formula is C24H28N4O2. The molecule has 1 amide bonds. The Morgan fingerprint density at radius 3 is 2.90 bits per heavy atom. The van der Waals surface area contributed by atoms with Crippen molar-refractivity contribution in [2.75, 3.05) is 25.0 Å². The van der Waals surface area contributed by atoms with Gasteiger partial charge in [-0.1, -0.05) is 12.1 Å². The van der Waals surface area contributed by atoms with E-state index in [1.54, 1.807) is 6.20 Å². The number of benzene rings is 1. The largest absolute Gasteiger partial charge is 0.375 e. The fraction of sp³-hybridized carbons (Fsp3) is 0.542. The van der Waals surface area contributed by atoms with Gasteiger partial charge in [-0.05, 0) is 61.6 Å². The Kier molecular flexibility index (Phi) is 4.57. The van der Waals surface area contributed by atoms with E-state index in [2.05, 4.69) is 47.3 Å². The van der Waals surface area contributed by atoms with Crippen LogP contribution in [0, 0.1) is 16.7 Å². The van der Waals surface area contributed by atoms with Crippen LogP contribution in [0.2, 0.25) is 0 Å². The molecule has 2 atom stereocenters. The molecule has 156 valence electrons. The third-order valence-corrected chi connectivity index (χ3v) is 7.22. The summed E-state index contributed by atoms with van der Waals surface area (Å²) < 4.78 is 5.78. The molecule has 1 unspecified atom stereocenters. The fourth-order valence-corrected chi connectivity index (χ4v) is 5.06. The number of aromatic nitrogens is 1. The number of fused-ring (bicyclic) bond motifs is 1. The number of ether oxygens (including phenoxy) is 1. The first-order valence-corrected chi connectivity index (χ1v) is 10.9. The minimum atomic E-state index is -0.311. The molecule has 1 aliphatic heterocycles. The van der Waals surface area contributed by atoms with Gasteiger partial charge in [-0.25, -0.2) is 4.98 Å². The Balaban J connectivity index is 1.29. The van der Waals surface area contributed by atoms with Crippen molar-refractivity contribution in [1.29, 1.82) is 5.26 Å². The number of nitrogens with zero attached hydrogens (tertiary/aromatic N) is 3. The number of carbonyl (C=O) groups excluding carboxylic acids is 1. The molecule has 1 spiro atoms. The van der Waals surface area contributed by atoms with Gasteiger partial charge < -0.3 is 10.1 Å². The summed E-state index contributed by atoms with van der Waals surface area (Å²) in [6, 6.07) is 11.2. The quantitative estimate of drug-likeness (QED) is 0.824. The Hall–Kier alpha value is -2.49. The first-order valence-electron chi connectivity index (χ1n) is 10.9. The molecule has 0 bridgehead atoms. The normalized spacial score (nSPS) is 27.2. The number of anilines is 1. The van der Waals surface area contributed by atoms with Gasteiger partial charge in [-0.15, -0.1) is 0 Å². The summed E-state index contributed by atoms with van der Waals surface area (Å²) in [6.45, 7) is 6.68. The van der Waals surface area contributed by atoms with Crippen molar-refractivity contribution in [3.05, 3.63) is 36.0 Å². The number of nitrogens with one attached hydrogen (secondary N) is 1. The molecule has 2 aromatic rings. The lowest BCUT2D eigenvalue weighted by Gasteiger charge is -2.35. The summed E-state index contributed by atoms with van der Waals surface area (Å²) in [5.74, 6) is 0.463. The number of carbonyl (C=O) groups is 1. The molecular weight excluding hydrogens is 376 g/mol. The van der Waals surface area contributed by atoms with Crippen LogP contribution in [0.1, 0.15) is 45.1 Å². The summed E-state index contributed by atoms with van der Waals surface area (Å²) >= 11 is 0. The summed E-state index contributed by atoms with van der Waals surface area (Å²) in [4.78, 5) is 19.3. The van der Waals surface area contributed by atoms with E-state index in [-0.39, 0.29) is 22.8 Å². The van der Waals surface area contributed by atoms with Crippen LogP contribution in [0.25, 0.3) is 10.8 Å². The van der Waals surface area contributed by atoms with Gasteiger partial charge in [0.2, 0.25) is 5.91 Å². The van der Waals surface area contributed by atoms with Gasteiger partial charge >= 0.3 is 0 Å². The second-order valence-corrected chi connectivity index (χ2v) is 9.44. The lowest BCUT2D eigenvalue weighted by Crippen LogP contribution is -2.46. The highest BCUT2D eigenvalue weighted by atomic mass is 16.5. The van der Waals surface area contributed by atoms with Crippen LogP contribution >= 0.6 is 0 Å². The number of rotatable bonds is 5. The van der Waals surface area contributed by atoms with Crippen LogP contribution in [-0.2, 0) is 14.9 Å². The van der Waals surface area contributed by atoms with E-state index >= 15 is 0 Å². The van der Waals surface area contributed by atoms with Gasteiger partial charge in [0.25, 0.3) is 0 Å². The van der Waals surface area contributed by atoms with Gasteiger partial charge in [0.1, 0.15) is 5.82 Å². The van der Waals surface area contributed by atoms with Crippen LogP contribution in [0.15, 0.2) is 30.5 Å². The maximum Gasteiger partial charge on any atom is 0.228 e. The molecule has 1 saturated heterocycles. The molecule has 1 N–H and O–H groups in total. The summed E-state index contributed by atoms with van der Waals surface area (Å²) in [6.07, 6.45) is 5.31. The van der Waals surface area contributed by atoms with E-state index in [1.807, 2.05) is 12.1 Å². The predicted molar refractivity (Wildman–Crippen MR) is 115 cm³/mol. The molecule has 0 radical (unpaired) electrons. The maximum atomic E-state index is 12.6. The number of nitriles is 1. The van der Waals surface area contributed by atoms with E-state index < -0.39 is 0 Å². The lowest BCUT2D eigenvalue weighted by atomic mass is 9.92. The van der Waals surface area contributed by atoms with Gasteiger partial charge in [0, 0.05) is 30.7 Å². The molecule has 2 heterocycles. The van der Waals surface area contributed by atoms with Crippen molar-refractivity contribution in [1.82, 2.24) is 9.88 Å². The molecule has 5 rings (SSSR count). The Labute approximate surface area is 177 Å². The average Bonchev–Trinajstić information content (AvgIpc) is 3.65. The molecule has 2 aliphatic carbocycles. The fourth-order valence-electron chi connectivity index (χ4n) is 5.06. The number of pyridine rings is 1. The van der Waals surface area contributed by atoms with Gasteiger partial charge in [0.05, 0.1) is 30.6 Å². The highest BCUT2D eigenvalue weighted by Crippen LogP contribution is 2.78. The van der Waals surface area contributed by atoms with Gasteiger partial charge in [-0.3, -0.25) is 9.69 Å². The Bertz CT molecular complexity index is 1040. The van der Waals surface area contributed by atoms with E-state index in [1.165, 1.54) is 0 Å². The molecule has 6 nitrogen and oxygen atoms in total. The molecule has 1 aromatic heterocycles. The first kappa shape index (κ1) is 19.5. The van der Waals surface area contributed by atoms with Crippen molar-refractivity contribution in [3.8, 4) is 6.07 Å². The van der Waals surface area contributed by atoms with Crippen molar-refractivity contribution in [2.45, 2.75) is 57.1 Å². The van der Waals surface area contributed by atoms with E-state index in [9.17, 15) is 10.1 Å². The number of morpholine rings is 1. The summed E-state index contributed by atoms with van der Waals surface area (Å²) in [7, 11) is 0. The second kappa shape index (κ2) is 7.04. The minimum absolute atomic E-state index is 0.0822.